The van der Waals surface area contributed by atoms with Gasteiger partial charge in [0.25, 0.3) is 5.91 Å². The standard InChI is InChI=1S/C59H73Cl2N11O10/c1-37(66-58(76)40-9-7-38(8-10-40)39-11-13-43(62)14-12-39)48-31-52(72-49-6-4-3-5-41(49)29-50(72)59(77)64-16-20-78-2)69-51(67-48)32-53(74)63-17-21-79-23-25-81-27-28-82-26-24-80-22-19-71-34-42(33-65-71)44-30-46(60)56(61)57-55(44)45-35-70(54(75)36-73)18-15-47(45)68-57/h7-14,30-31,33-34,37,41,49-50,68,73H,3-6,15-29,32,35-36,62H2,1-2H3,(H,63,74)(H,64,77)(H,66,76)/t37?,41-,49-,50-/m0/s1. The lowest BCUT2D eigenvalue weighted by molar-refractivity contribution is -0.135. The predicted octanol–water partition coefficient (Wildman–Crippen LogP) is 6.07. The molecule has 4 amide bonds. The maximum absolute atomic E-state index is 13.8. The normalized spacial score (nSPS) is 17.2. The number of carbonyl (C=O) groups is 4. The Morgan fingerprint density at radius 3 is 2.24 bits per heavy atom. The van der Waals surface area contributed by atoms with Crippen molar-refractivity contribution in [2.75, 3.05) is 103 Å². The average Bonchev–Trinajstić information content (AvgIpc) is 4.01. The first-order chi connectivity index (χ1) is 39.9. The largest absolute Gasteiger partial charge is 0.399 e. The number of nitrogens with two attached hydrogens (primary N) is 1. The Morgan fingerprint density at radius 1 is 0.841 bits per heavy atom. The third kappa shape index (κ3) is 15.1. The Morgan fingerprint density at radius 2 is 1.52 bits per heavy atom. The molecule has 438 valence electrons. The van der Waals surface area contributed by atoms with Gasteiger partial charge in [0.1, 0.15) is 24.3 Å². The summed E-state index contributed by atoms with van der Waals surface area (Å²) in [6.07, 6.45) is 8.93. The number of anilines is 2. The fourth-order valence-electron chi connectivity index (χ4n) is 11.1. The second-order valence-electron chi connectivity index (χ2n) is 20.8. The first kappa shape index (κ1) is 59.9. The molecule has 2 aliphatic heterocycles. The topological polar surface area (TPSA) is 263 Å². The zero-order valence-corrected chi connectivity index (χ0v) is 47.9. The molecule has 3 aromatic carbocycles. The van der Waals surface area contributed by atoms with Crippen molar-refractivity contribution >= 4 is 69.2 Å². The summed E-state index contributed by atoms with van der Waals surface area (Å²) in [7, 11) is 1.60. The van der Waals surface area contributed by atoms with E-state index >= 15 is 0 Å². The molecule has 5 heterocycles. The van der Waals surface area contributed by atoms with Gasteiger partial charge in [-0.05, 0) is 79.1 Å². The summed E-state index contributed by atoms with van der Waals surface area (Å²) in [5.74, 6) is 0.143. The number of aliphatic hydroxyl groups excluding tert-OH is 1. The second kappa shape index (κ2) is 29.0. The van der Waals surface area contributed by atoms with Gasteiger partial charge in [0.05, 0.1) is 106 Å². The van der Waals surface area contributed by atoms with Gasteiger partial charge in [0, 0.05) is 91.5 Å². The molecule has 0 radical (unpaired) electrons. The number of H-pyrrole nitrogens is 1. The minimum atomic E-state index is -0.569. The summed E-state index contributed by atoms with van der Waals surface area (Å²) < 4.78 is 29.9. The molecule has 1 unspecified atom stereocenters. The van der Waals surface area contributed by atoms with E-state index in [-0.39, 0.29) is 55.1 Å². The second-order valence-corrected chi connectivity index (χ2v) is 21.5. The van der Waals surface area contributed by atoms with Crippen LogP contribution in [-0.4, -0.2) is 163 Å². The lowest BCUT2D eigenvalue weighted by Crippen LogP contribution is -2.48. The van der Waals surface area contributed by atoms with Gasteiger partial charge < -0.3 is 65.3 Å². The fraction of sp³-hybridized carbons (Fsp3) is 0.475. The highest BCUT2D eigenvalue weighted by molar-refractivity contribution is 6.45. The highest BCUT2D eigenvalue weighted by atomic mass is 35.5. The fourth-order valence-corrected chi connectivity index (χ4v) is 11.5. The monoisotopic (exact) mass is 1170 g/mol. The van der Waals surface area contributed by atoms with E-state index in [2.05, 4.69) is 30.9 Å². The summed E-state index contributed by atoms with van der Waals surface area (Å²) >= 11 is 13.2. The summed E-state index contributed by atoms with van der Waals surface area (Å²) in [5.41, 5.74) is 13.8. The molecular weight excluding hydrogens is 1090 g/mol. The van der Waals surface area contributed by atoms with Crippen molar-refractivity contribution < 1.29 is 48.0 Å². The van der Waals surface area contributed by atoms with Crippen molar-refractivity contribution in [2.45, 2.75) is 83.1 Å². The smallest absolute Gasteiger partial charge is 0.251 e. The van der Waals surface area contributed by atoms with Gasteiger partial charge in [0.2, 0.25) is 17.7 Å². The summed E-state index contributed by atoms with van der Waals surface area (Å²) in [5, 5.41) is 24.7. The Kier molecular flexibility index (Phi) is 21.2. The van der Waals surface area contributed by atoms with Crippen molar-refractivity contribution in [3.8, 4) is 22.3 Å². The van der Waals surface area contributed by atoms with Crippen LogP contribution < -0.4 is 26.6 Å². The molecule has 2 fully saturated rings. The van der Waals surface area contributed by atoms with E-state index in [9.17, 15) is 24.3 Å². The van der Waals surface area contributed by atoms with E-state index < -0.39 is 18.7 Å². The van der Waals surface area contributed by atoms with Crippen LogP contribution in [0.4, 0.5) is 11.5 Å². The van der Waals surface area contributed by atoms with Crippen LogP contribution in [0.25, 0.3) is 33.2 Å². The molecule has 0 bridgehead atoms. The number of halogens is 2. The molecule has 9 rings (SSSR count). The number of hydrogen-bond acceptors (Lipinski definition) is 15. The summed E-state index contributed by atoms with van der Waals surface area (Å²) in [4.78, 5) is 70.2. The van der Waals surface area contributed by atoms with E-state index in [1.54, 1.807) is 35.0 Å². The molecule has 1 saturated heterocycles. The number of benzene rings is 3. The van der Waals surface area contributed by atoms with Gasteiger partial charge in [-0.2, -0.15) is 5.10 Å². The maximum atomic E-state index is 13.8. The highest BCUT2D eigenvalue weighted by Crippen LogP contribution is 2.44. The first-order valence-corrected chi connectivity index (χ1v) is 28.8. The number of hydrogen-bond donors (Lipinski definition) is 6. The van der Waals surface area contributed by atoms with Gasteiger partial charge in [0.15, 0.2) is 0 Å². The van der Waals surface area contributed by atoms with E-state index in [4.69, 9.17) is 62.6 Å². The number of rotatable bonds is 28. The molecule has 7 N–H and O–H groups in total. The number of aromatic nitrogens is 5. The molecule has 82 heavy (non-hydrogen) atoms. The van der Waals surface area contributed by atoms with Crippen LogP contribution in [-0.2, 0) is 64.0 Å². The minimum absolute atomic E-state index is 0.0910. The van der Waals surface area contributed by atoms with E-state index in [0.29, 0.717) is 136 Å². The van der Waals surface area contributed by atoms with Crippen molar-refractivity contribution in [3.05, 3.63) is 111 Å². The Balaban J connectivity index is 0.696. The Hall–Kier alpha value is -6.69. The number of nitrogen functional groups attached to an aromatic ring is 1. The third-order valence-electron chi connectivity index (χ3n) is 15.3. The van der Waals surface area contributed by atoms with E-state index in [1.165, 1.54) is 0 Å². The van der Waals surface area contributed by atoms with Gasteiger partial charge in [-0.3, -0.25) is 23.9 Å². The van der Waals surface area contributed by atoms with Crippen LogP contribution >= 0.6 is 23.2 Å². The zero-order chi connectivity index (χ0) is 57.5. The predicted molar refractivity (Wildman–Crippen MR) is 311 cm³/mol. The van der Waals surface area contributed by atoms with E-state index in [1.807, 2.05) is 61.7 Å². The van der Waals surface area contributed by atoms with Crippen LogP contribution in [0.15, 0.2) is 73.1 Å². The number of methoxy groups -OCH3 is 1. The molecule has 1 saturated carbocycles. The number of carbonyl (C=O) groups excluding carboxylic acids is 4. The number of nitrogens with one attached hydrogen (secondary N) is 4. The first-order valence-electron chi connectivity index (χ1n) is 28.1. The number of fused-ring (bicyclic) bond motifs is 4. The minimum Gasteiger partial charge on any atom is -0.399 e. The van der Waals surface area contributed by atoms with Gasteiger partial charge in [-0.15, -0.1) is 0 Å². The molecule has 0 spiro atoms. The van der Waals surface area contributed by atoms with E-state index in [0.717, 1.165) is 64.6 Å². The van der Waals surface area contributed by atoms with Crippen molar-refractivity contribution in [2.24, 2.45) is 5.92 Å². The number of aliphatic hydroxyl groups is 1. The van der Waals surface area contributed by atoms with Gasteiger partial charge in [-0.25, -0.2) is 9.97 Å². The van der Waals surface area contributed by atoms with Crippen LogP contribution in [0, 0.1) is 5.92 Å². The molecule has 3 aromatic heterocycles. The number of amides is 4. The van der Waals surface area contributed by atoms with Crippen LogP contribution in [0.3, 0.4) is 0 Å². The summed E-state index contributed by atoms with van der Waals surface area (Å²) in [6, 6.07) is 17.6. The van der Waals surface area contributed by atoms with Gasteiger partial charge in [-0.1, -0.05) is 60.3 Å². The van der Waals surface area contributed by atoms with Crippen molar-refractivity contribution in [3.63, 3.8) is 0 Å². The molecule has 21 nitrogen and oxygen atoms in total. The van der Waals surface area contributed by atoms with Crippen molar-refractivity contribution in [1.29, 1.82) is 0 Å². The molecule has 6 aromatic rings. The lowest BCUT2D eigenvalue weighted by Gasteiger charge is -2.35. The molecule has 23 heteroatoms. The lowest BCUT2D eigenvalue weighted by atomic mass is 9.84. The number of nitrogens with zero attached hydrogens (tertiary/aromatic N) is 6. The average molecular weight is 1170 g/mol. The molecular formula is C59H73Cl2N11O10. The van der Waals surface area contributed by atoms with Crippen LogP contribution in [0.5, 0.6) is 0 Å². The van der Waals surface area contributed by atoms with Crippen LogP contribution in [0.1, 0.15) is 78.2 Å². The van der Waals surface area contributed by atoms with Crippen molar-refractivity contribution in [1.82, 2.24) is 45.6 Å². The maximum Gasteiger partial charge on any atom is 0.251 e. The summed E-state index contributed by atoms with van der Waals surface area (Å²) in [6.45, 7) is 6.58. The number of ether oxygens (including phenoxy) is 5. The molecule has 1 aliphatic carbocycles. The Bertz CT molecular complexity index is 3140. The molecule has 3 aliphatic rings. The zero-order valence-electron chi connectivity index (χ0n) is 46.4. The van der Waals surface area contributed by atoms with Crippen LogP contribution in [0.2, 0.25) is 10.0 Å². The number of aromatic amines is 1. The van der Waals surface area contributed by atoms with Gasteiger partial charge >= 0.3 is 0 Å². The highest BCUT2D eigenvalue weighted by Gasteiger charge is 2.46. The SMILES string of the molecule is COCCNC(=O)[C@@H]1C[C@@H]2CCCC[C@@H]2N1c1cc(C(C)NC(=O)c2ccc(-c3ccc(N)cc3)cc2)nc(CC(=O)NCCOCCOCCOCCOCCn2cc(-c3cc(Cl)c(Cl)c4[nH]c5c(c34)CN(C(=O)CO)CC5)cn2)n1. The quantitative estimate of drug-likeness (QED) is 0.0241. The Labute approximate surface area is 486 Å². The molecule has 4 atom stereocenters. The third-order valence-corrected chi connectivity index (χ3v) is 16.1.